The molecule has 1 aliphatic rings. The molecule has 0 bridgehead atoms. The van der Waals surface area contributed by atoms with Crippen LogP contribution in [0.4, 0.5) is 0 Å². The van der Waals surface area contributed by atoms with E-state index >= 15 is 0 Å². The molecule has 1 aliphatic heterocycles. The van der Waals surface area contributed by atoms with Gasteiger partial charge in [-0.25, -0.2) is 0 Å². The molecule has 1 N–H and O–H groups in total. The summed E-state index contributed by atoms with van der Waals surface area (Å²) < 4.78 is 0.792. The molecule has 1 aromatic rings. The third kappa shape index (κ3) is 3.18. The minimum absolute atomic E-state index is 0.0604. The second kappa shape index (κ2) is 6.06. The molecule has 19 heavy (non-hydrogen) atoms. The first-order valence-electron chi connectivity index (χ1n) is 6.31. The van der Waals surface area contributed by atoms with E-state index in [0.717, 1.165) is 22.9 Å². The molecule has 2 unspecified atom stereocenters. The van der Waals surface area contributed by atoms with Crippen molar-refractivity contribution in [3.63, 3.8) is 0 Å². The molecular formula is C14H15BrClNO2. The van der Waals surface area contributed by atoms with Gasteiger partial charge in [-0.2, -0.15) is 0 Å². The van der Waals surface area contributed by atoms with E-state index in [2.05, 4.69) is 21.2 Å². The Bertz CT molecular complexity index is 518. The lowest BCUT2D eigenvalue weighted by molar-refractivity contribution is -0.137. The van der Waals surface area contributed by atoms with E-state index in [4.69, 9.17) is 11.6 Å². The van der Waals surface area contributed by atoms with Crippen LogP contribution in [0.3, 0.4) is 0 Å². The summed E-state index contributed by atoms with van der Waals surface area (Å²) >= 11 is 9.37. The van der Waals surface area contributed by atoms with E-state index in [1.807, 2.05) is 19.1 Å². The fourth-order valence-electron chi connectivity index (χ4n) is 2.54. The van der Waals surface area contributed by atoms with Crippen molar-refractivity contribution >= 4 is 39.3 Å². The summed E-state index contributed by atoms with van der Waals surface area (Å²) in [5.41, 5.74) is 0.984. The van der Waals surface area contributed by atoms with Crippen LogP contribution in [0.15, 0.2) is 22.7 Å². The zero-order valence-corrected chi connectivity index (χ0v) is 12.9. The van der Waals surface area contributed by atoms with Crippen LogP contribution < -0.4 is 5.32 Å². The Morgan fingerprint density at radius 3 is 2.79 bits per heavy atom. The fraction of sp³-hybridized carbons (Fsp3) is 0.429. The average Bonchev–Trinajstić information content (AvgIpc) is 2.36. The number of hydrogen-bond donors (Lipinski definition) is 1. The molecule has 1 aromatic carbocycles. The van der Waals surface area contributed by atoms with Gasteiger partial charge in [0.05, 0.1) is 5.02 Å². The summed E-state index contributed by atoms with van der Waals surface area (Å²) in [7, 11) is 0. The van der Waals surface area contributed by atoms with E-state index in [1.165, 1.54) is 0 Å². The molecule has 0 aromatic heterocycles. The highest BCUT2D eigenvalue weighted by molar-refractivity contribution is 9.10. The van der Waals surface area contributed by atoms with Gasteiger partial charge in [-0.05, 0) is 40.0 Å². The fourth-order valence-corrected chi connectivity index (χ4v) is 3.06. The van der Waals surface area contributed by atoms with Crippen molar-refractivity contribution in [3.05, 3.63) is 33.3 Å². The van der Waals surface area contributed by atoms with Gasteiger partial charge >= 0.3 is 0 Å². The van der Waals surface area contributed by atoms with Gasteiger partial charge in [-0.3, -0.25) is 14.9 Å². The Labute approximate surface area is 125 Å². The molecule has 102 valence electrons. The molecule has 0 saturated carbocycles. The normalized spacial score (nSPS) is 23.3. The molecule has 2 atom stereocenters. The van der Waals surface area contributed by atoms with Crippen molar-refractivity contribution in [2.45, 2.75) is 32.1 Å². The predicted octanol–water partition coefficient (Wildman–Crippen LogP) is 3.65. The van der Waals surface area contributed by atoms with Crippen molar-refractivity contribution in [1.29, 1.82) is 0 Å². The first kappa shape index (κ1) is 14.5. The highest BCUT2D eigenvalue weighted by Crippen LogP contribution is 2.36. The molecule has 2 amide bonds. The number of nitrogens with one attached hydrogen (secondary N) is 1. The van der Waals surface area contributed by atoms with Crippen LogP contribution in [0.5, 0.6) is 0 Å². The molecule has 1 saturated heterocycles. The zero-order valence-electron chi connectivity index (χ0n) is 10.6. The van der Waals surface area contributed by atoms with Gasteiger partial charge in [0.25, 0.3) is 0 Å². The van der Waals surface area contributed by atoms with Crippen LogP contribution in [0, 0.1) is 5.92 Å². The van der Waals surface area contributed by atoms with Crippen molar-refractivity contribution in [2.75, 3.05) is 0 Å². The highest BCUT2D eigenvalue weighted by atomic mass is 79.9. The van der Waals surface area contributed by atoms with Gasteiger partial charge < -0.3 is 0 Å². The van der Waals surface area contributed by atoms with E-state index in [9.17, 15) is 9.59 Å². The third-order valence-electron chi connectivity index (χ3n) is 3.46. The quantitative estimate of drug-likeness (QED) is 0.851. The van der Waals surface area contributed by atoms with Crippen molar-refractivity contribution in [1.82, 2.24) is 5.32 Å². The molecule has 2 rings (SSSR count). The number of carbonyl (C=O) groups is 2. The highest BCUT2D eigenvalue weighted by Gasteiger charge is 2.36. The van der Waals surface area contributed by atoms with Crippen molar-refractivity contribution in [2.24, 2.45) is 5.92 Å². The summed E-state index contributed by atoms with van der Waals surface area (Å²) in [6.45, 7) is 2.04. The number of rotatable bonds is 3. The number of benzene rings is 1. The molecule has 0 radical (unpaired) electrons. The van der Waals surface area contributed by atoms with E-state index in [1.54, 1.807) is 6.07 Å². The lowest BCUT2D eigenvalue weighted by Crippen LogP contribution is -2.44. The monoisotopic (exact) mass is 343 g/mol. The third-order valence-corrected chi connectivity index (χ3v) is 4.68. The average molecular weight is 345 g/mol. The first-order chi connectivity index (χ1) is 9.02. The Morgan fingerprint density at radius 2 is 2.16 bits per heavy atom. The summed E-state index contributed by atoms with van der Waals surface area (Å²) in [6.07, 6.45) is 2.05. The lowest BCUT2D eigenvalue weighted by Gasteiger charge is -2.30. The standard InChI is InChI=1S/C14H15BrClNO2/c1-2-3-9-10(7-13(18)17-14(9)19)8-4-5-12(16)11(15)6-8/h4-6,9-10H,2-3,7H2,1H3,(H,17,18,19). The molecule has 0 aliphatic carbocycles. The number of carbonyl (C=O) groups excluding carboxylic acids is 2. The second-order valence-electron chi connectivity index (χ2n) is 4.79. The van der Waals surface area contributed by atoms with Gasteiger partial charge in [-0.1, -0.05) is 31.0 Å². The van der Waals surface area contributed by atoms with Crippen LogP contribution in [0.25, 0.3) is 0 Å². The maximum absolute atomic E-state index is 12.0. The van der Waals surface area contributed by atoms with Crippen LogP contribution in [-0.2, 0) is 9.59 Å². The maximum atomic E-state index is 12.0. The first-order valence-corrected chi connectivity index (χ1v) is 7.48. The van der Waals surface area contributed by atoms with Crippen LogP contribution in [-0.4, -0.2) is 11.8 Å². The maximum Gasteiger partial charge on any atom is 0.230 e. The lowest BCUT2D eigenvalue weighted by atomic mass is 9.78. The number of piperidine rings is 1. The number of halogens is 2. The molecule has 3 nitrogen and oxygen atoms in total. The van der Waals surface area contributed by atoms with Crippen LogP contribution >= 0.6 is 27.5 Å². The topological polar surface area (TPSA) is 46.2 Å². The van der Waals surface area contributed by atoms with Gasteiger partial charge in [0.1, 0.15) is 0 Å². The second-order valence-corrected chi connectivity index (χ2v) is 6.05. The number of imide groups is 1. The summed E-state index contributed by atoms with van der Waals surface area (Å²) in [5, 5.41) is 3.05. The number of amides is 2. The summed E-state index contributed by atoms with van der Waals surface area (Å²) in [5.74, 6) is -0.562. The Kier molecular flexibility index (Phi) is 4.63. The molecule has 5 heteroatoms. The van der Waals surface area contributed by atoms with E-state index in [-0.39, 0.29) is 23.7 Å². The van der Waals surface area contributed by atoms with Gasteiger partial charge in [0.15, 0.2) is 0 Å². The predicted molar refractivity (Wildman–Crippen MR) is 78.1 cm³/mol. The van der Waals surface area contributed by atoms with Crippen LogP contribution in [0.1, 0.15) is 37.7 Å². The SMILES string of the molecule is CCCC1C(=O)NC(=O)CC1c1ccc(Cl)c(Br)c1. The molecule has 1 heterocycles. The minimum Gasteiger partial charge on any atom is -0.296 e. The molecule has 1 fully saturated rings. The van der Waals surface area contributed by atoms with Gasteiger partial charge in [0.2, 0.25) is 11.8 Å². The minimum atomic E-state index is -0.201. The van der Waals surface area contributed by atoms with Crippen molar-refractivity contribution in [3.8, 4) is 0 Å². The summed E-state index contributed by atoms with van der Waals surface area (Å²) in [6, 6.07) is 5.59. The van der Waals surface area contributed by atoms with Crippen molar-refractivity contribution < 1.29 is 9.59 Å². The Hall–Kier alpha value is -0.870. The van der Waals surface area contributed by atoms with Gasteiger partial charge in [-0.15, -0.1) is 0 Å². The van der Waals surface area contributed by atoms with E-state index < -0.39 is 0 Å². The van der Waals surface area contributed by atoms with E-state index in [0.29, 0.717) is 11.4 Å². The molecule has 0 spiro atoms. The largest absolute Gasteiger partial charge is 0.296 e. The smallest absolute Gasteiger partial charge is 0.230 e. The Balaban J connectivity index is 2.34. The van der Waals surface area contributed by atoms with Crippen LogP contribution in [0.2, 0.25) is 5.02 Å². The Morgan fingerprint density at radius 1 is 1.42 bits per heavy atom. The summed E-state index contributed by atoms with van der Waals surface area (Å²) in [4.78, 5) is 23.5. The number of hydrogen-bond acceptors (Lipinski definition) is 2. The molecular weight excluding hydrogens is 330 g/mol. The van der Waals surface area contributed by atoms with Gasteiger partial charge in [0, 0.05) is 22.7 Å². The zero-order chi connectivity index (χ0) is 14.0.